The van der Waals surface area contributed by atoms with Crippen LogP contribution in [0.15, 0.2) is 0 Å². The van der Waals surface area contributed by atoms with Gasteiger partial charge in [-0.25, -0.2) is 0 Å². The molecule has 0 bridgehead atoms. The second kappa shape index (κ2) is 2.30. The molecule has 1 atom stereocenters. The van der Waals surface area contributed by atoms with Crippen molar-refractivity contribution in [3.63, 3.8) is 0 Å². The van der Waals surface area contributed by atoms with Crippen LogP contribution in [0.3, 0.4) is 0 Å². The summed E-state index contributed by atoms with van der Waals surface area (Å²) in [5.74, 6) is 2.17. The van der Waals surface area contributed by atoms with E-state index >= 15 is 0 Å². The number of nitrogens with one attached hydrogen (secondary N) is 1. The van der Waals surface area contributed by atoms with Crippen LogP contribution in [0.2, 0.25) is 0 Å². The molecule has 1 saturated carbocycles. The van der Waals surface area contributed by atoms with Gasteiger partial charge in [-0.3, -0.25) is 0 Å². The van der Waals surface area contributed by atoms with Crippen LogP contribution in [0, 0.1) is 11.8 Å². The van der Waals surface area contributed by atoms with Gasteiger partial charge in [-0.1, -0.05) is 12.8 Å². The van der Waals surface area contributed by atoms with Crippen molar-refractivity contribution < 1.29 is 0 Å². The lowest BCUT2D eigenvalue weighted by Gasteiger charge is -2.04. The molecule has 0 aromatic rings. The maximum atomic E-state index is 3.41. The second-order valence-electron chi connectivity index (χ2n) is 3.54. The molecule has 1 aliphatic carbocycles. The summed E-state index contributed by atoms with van der Waals surface area (Å²) in [7, 11) is 0. The summed E-state index contributed by atoms with van der Waals surface area (Å²) in [5, 5.41) is 3.41. The van der Waals surface area contributed by atoms with Crippen LogP contribution in [0.25, 0.3) is 0 Å². The van der Waals surface area contributed by atoms with Gasteiger partial charge in [0.15, 0.2) is 0 Å². The molecule has 1 nitrogen and oxygen atoms in total. The highest BCUT2D eigenvalue weighted by Crippen LogP contribution is 2.36. The minimum absolute atomic E-state index is 1.04. The summed E-state index contributed by atoms with van der Waals surface area (Å²) in [4.78, 5) is 0. The Morgan fingerprint density at radius 3 is 2.56 bits per heavy atom. The summed E-state index contributed by atoms with van der Waals surface area (Å²) in [6, 6.07) is 0. The largest absolute Gasteiger partial charge is 0.316 e. The van der Waals surface area contributed by atoms with Crippen LogP contribution in [0.4, 0.5) is 0 Å². The molecule has 1 aliphatic heterocycles. The molecule has 1 heterocycles. The number of rotatable bonds is 2. The Kier molecular flexibility index (Phi) is 1.46. The summed E-state index contributed by atoms with van der Waals surface area (Å²) < 4.78 is 0. The van der Waals surface area contributed by atoms with Crippen molar-refractivity contribution in [3.05, 3.63) is 0 Å². The third-order valence-corrected chi connectivity index (χ3v) is 2.53. The van der Waals surface area contributed by atoms with Gasteiger partial charge in [0.1, 0.15) is 0 Å². The van der Waals surface area contributed by atoms with Gasteiger partial charge in [0.25, 0.3) is 0 Å². The van der Waals surface area contributed by atoms with Crippen molar-refractivity contribution in [1.29, 1.82) is 0 Å². The Morgan fingerprint density at radius 1 is 1.11 bits per heavy atom. The van der Waals surface area contributed by atoms with Crippen LogP contribution >= 0.6 is 0 Å². The summed E-state index contributed by atoms with van der Waals surface area (Å²) in [5.41, 5.74) is 0. The summed E-state index contributed by atoms with van der Waals surface area (Å²) in [6.07, 6.45) is 6.01. The van der Waals surface area contributed by atoms with Crippen LogP contribution in [-0.4, -0.2) is 13.1 Å². The van der Waals surface area contributed by atoms with Gasteiger partial charge in [0.05, 0.1) is 0 Å². The Bertz CT molecular complexity index is 90.7. The van der Waals surface area contributed by atoms with E-state index < -0.39 is 0 Å². The van der Waals surface area contributed by atoms with Crippen LogP contribution in [0.5, 0.6) is 0 Å². The van der Waals surface area contributed by atoms with Crippen molar-refractivity contribution in [1.82, 2.24) is 5.32 Å². The smallest absolute Gasteiger partial charge is 0.00199 e. The number of hydrogen-bond donors (Lipinski definition) is 1. The fourth-order valence-corrected chi connectivity index (χ4v) is 1.74. The van der Waals surface area contributed by atoms with Crippen molar-refractivity contribution in [2.24, 2.45) is 11.8 Å². The van der Waals surface area contributed by atoms with E-state index in [9.17, 15) is 0 Å². The van der Waals surface area contributed by atoms with Gasteiger partial charge in [-0.2, -0.15) is 0 Å². The zero-order chi connectivity index (χ0) is 6.10. The molecular weight excluding hydrogens is 110 g/mol. The molecule has 0 amide bonds. The first kappa shape index (κ1) is 5.72. The van der Waals surface area contributed by atoms with Gasteiger partial charge in [-0.15, -0.1) is 0 Å². The molecule has 1 N–H and O–H groups in total. The average Bonchev–Trinajstić information content (AvgIpc) is 2.46. The first-order chi connectivity index (χ1) is 4.45. The monoisotopic (exact) mass is 125 g/mol. The predicted molar refractivity (Wildman–Crippen MR) is 38.3 cm³/mol. The van der Waals surface area contributed by atoms with Crippen molar-refractivity contribution in [2.45, 2.75) is 25.7 Å². The Balaban J connectivity index is 1.70. The molecule has 0 aromatic heterocycles. The zero-order valence-electron chi connectivity index (χ0n) is 5.90. The quantitative estimate of drug-likeness (QED) is 0.588. The molecule has 52 valence electrons. The Labute approximate surface area is 56.8 Å². The maximum Gasteiger partial charge on any atom is -0.00199 e. The van der Waals surface area contributed by atoms with E-state index in [1.807, 2.05) is 0 Å². The Hall–Kier alpha value is -0.0400. The third-order valence-electron chi connectivity index (χ3n) is 2.53. The van der Waals surface area contributed by atoms with E-state index in [-0.39, 0.29) is 0 Å². The van der Waals surface area contributed by atoms with E-state index in [0.717, 1.165) is 11.8 Å². The second-order valence-corrected chi connectivity index (χ2v) is 3.54. The lowest BCUT2D eigenvalue weighted by Crippen LogP contribution is -2.09. The van der Waals surface area contributed by atoms with Crippen molar-refractivity contribution in [2.75, 3.05) is 13.1 Å². The van der Waals surface area contributed by atoms with E-state index in [0.29, 0.717) is 0 Å². The fraction of sp³-hybridized carbons (Fsp3) is 1.00. The molecule has 2 fully saturated rings. The molecule has 1 heteroatoms. The lowest BCUT2D eigenvalue weighted by atomic mass is 10.0. The molecule has 1 unspecified atom stereocenters. The van der Waals surface area contributed by atoms with Gasteiger partial charge in [-0.05, 0) is 37.8 Å². The molecule has 1 saturated heterocycles. The third kappa shape index (κ3) is 1.45. The zero-order valence-corrected chi connectivity index (χ0v) is 5.90. The average molecular weight is 125 g/mol. The molecule has 9 heavy (non-hydrogen) atoms. The highest BCUT2D eigenvalue weighted by Gasteiger charge is 2.26. The van der Waals surface area contributed by atoms with Gasteiger partial charge in [0, 0.05) is 0 Å². The highest BCUT2D eigenvalue weighted by atomic mass is 14.9. The molecule has 2 aliphatic rings. The lowest BCUT2D eigenvalue weighted by molar-refractivity contribution is 0.496. The van der Waals surface area contributed by atoms with E-state index in [2.05, 4.69) is 5.32 Å². The molecule has 0 radical (unpaired) electrons. The van der Waals surface area contributed by atoms with Gasteiger partial charge >= 0.3 is 0 Å². The van der Waals surface area contributed by atoms with Crippen LogP contribution in [-0.2, 0) is 0 Å². The number of hydrogen-bond acceptors (Lipinski definition) is 1. The minimum atomic E-state index is 1.04. The molecule has 0 spiro atoms. The highest BCUT2D eigenvalue weighted by molar-refractivity contribution is 4.80. The molecule has 2 rings (SSSR count). The van der Waals surface area contributed by atoms with Crippen LogP contribution in [0.1, 0.15) is 25.7 Å². The van der Waals surface area contributed by atoms with Crippen molar-refractivity contribution in [3.8, 4) is 0 Å². The van der Waals surface area contributed by atoms with E-state index in [1.54, 1.807) is 0 Å². The van der Waals surface area contributed by atoms with Crippen molar-refractivity contribution >= 4 is 0 Å². The normalized spacial score (nSPS) is 35.3. The fourth-order valence-electron chi connectivity index (χ4n) is 1.74. The molecule has 0 aromatic carbocycles. The summed E-state index contributed by atoms with van der Waals surface area (Å²) in [6.45, 7) is 2.58. The van der Waals surface area contributed by atoms with E-state index in [4.69, 9.17) is 0 Å². The minimum Gasteiger partial charge on any atom is -0.316 e. The first-order valence-electron chi connectivity index (χ1n) is 4.16. The standard InChI is InChI=1S/C8H15N/c1-2-7(1)5-8-3-4-9-6-8/h7-9H,1-6H2. The van der Waals surface area contributed by atoms with Gasteiger partial charge in [0.2, 0.25) is 0 Å². The maximum absolute atomic E-state index is 3.41. The SMILES string of the molecule is C1CC(CC2CC2)CN1. The van der Waals surface area contributed by atoms with Crippen LogP contribution < -0.4 is 5.32 Å². The van der Waals surface area contributed by atoms with E-state index in [1.165, 1.54) is 38.8 Å². The molecular formula is C8H15N. The van der Waals surface area contributed by atoms with Gasteiger partial charge < -0.3 is 5.32 Å². The summed E-state index contributed by atoms with van der Waals surface area (Å²) >= 11 is 0. The predicted octanol–water partition coefficient (Wildman–Crippen LogP) is 1.40. The topological polar surface area (TPSA) is 12.0 Å². The Morgan fingerprint density at radius 2 is 2.00 bits per heavy atom. The first-order valence-corrected chi connectivity index (χ1v) is 4.16.